The van der Waals surface area contributed by atoms with E-state index in [0.29, 0.717) is 5.41 Å². The summed E-state index contributed by atoms with van der Waals surface area (Å²) in [4.78, 5) is 5.18. The summed E-state index contributed by atoms with van der Waals surface area (Å²) in [5.74, 6) is 1.06. The second-order valence-electron chi connectivity index (χ2n) is 6.46. The first-order valence-electron chi connectivity index (χ1n) is 7.95. The lowest BCUT2D eigenvalue weighted by atomic mass is 9.87. The molecule has 2 nitrogen and oxygen atoms in total. The quantitative estimate of drug-likeness (QED) is 0.850. The van der Waals surface area contributed by atoms with E-state index in [1.54, 1.807) is 0 Å². The second-order valence-corrected chi connectivity index (χ2v) is 6.78. The zero-order valence-electron chi connectivity index (χ0n) is 12.3. The predicted octanol–water partition coefficient (Wildman–Crippen LogP) is 3.30. The molecule has 3 rings (SSSR count). The number of piperazine rings is 1. The van der Waals surface area contributed by atoms with Crippen LogP contribution in [0.15, 0.2) is 30.3 Å². The molecule has 3 heteroatoms. The summed E-state index contributed by atoms with van der Waals surface area (Å²) in [5, 5.41) is 0. The maximum Gasteiger partial charge on any atom is 0.0367 e. The lowest BCUT2D eigenvalue weighted by Gasteiger charge is -2.40. The predicted molar refractivity (Wildman–Crippen MR) is 89.8 cm³/mol. The van der Waals surface area contributed by atoms with Crippen molar-refractivity contribution < 1.29 is 0 Å². The van der Waals surface area contributed by atoms with Gasteiger partial charge < -0.3 is 4.90 Å². The van der Waals surface area contributed by atoms with Crippen LogP contribution in [0.4, 0.5) is 5.69 Å². The number of rotatable bonds is 4. The lowest BCUT2D eigenvalue weighted by Crippen LogP contribution is -2.50. The van der Waals surface area contributed by atoms with Gasteiger partial charge in [0.05, 0.1) is 0 Å². The lowest BCUT2D eigenvalue weighted by molar-refractivity contribution is 0.164. The number of hydrogen-bond acceptors (Lipinski definition) is 3. The van der Waals surface area contributed by atoms with E-state index in [1.807, 2.05) is 0 Å². The van der Waals surface area contributed by atoms with Crippen LogP contribution >= 0.6 is 12.6 Å². The Hall–Kier alpha value is -0.670. The van der Waals surface area contributed by atoms with Gasteiger partial charge in [-0.2, -0.15) is 12.6 Å². The monoisotopic (exact) mass is 290 g/mol. The molecule has 0 unspecified atom stereocenters. The molecule has 0 spiro atoms. The fourth-order valence-corrected chi connectivity index (χ4v) is 4.18. The van der Waals surface area contributed by atoms with Gasteiger partial charge in [0.1, 0.15) is 0 Å². The Morgan fingerprint density at radius 2 is 1.60 bits per heavy atom. The van der Waals surface area contributed by atoms with Gasteiger partial charge in [-0.3, -0.25) is 4.90 Å². The van der Waals surface area contributed by atoms with Crippen LogP contribution in [0.3, 0.4) is 0 Å². The average Bonchev–Trinajstić information content (AvgIpc) is 2.98. The van der Waals surface area contributed by atoms with Crippen molar-refractivity contribution in [3.05, 3.63) is 30.3 Å². The third-order valence-electron chi connectivity index (χ3n) is 5.05. The van der Waals surface area contributed by atoms with Gasteiger partial charge in [0.15, 0.2) is 0 Å². The number of thiol groups is 1. The minimum atomic E-state index is 0.512. The molecule has 0 radical (unpaired) electrons. The van der Waals surface area contributed by atoms with Crippen LogP contribution in [0.2, 0.25) is 0 Å². The smallest absolute Gasteiger partial charge is 0.0367 e. The average molecular weight is 290 g/mol. The Morgan fingerprint density at radius 1 is 0.950 bits per heavy atom. The van der Waals surface area contributed by atoms with E-state index in [-0.39, 0.29) is 0 Å². The number of benzene rings is 1. The van der Waals surface area contributed by atoms with Crippen LogP contribution in [0.25, 0.3) is 0 Å². The van der Waals surface area contributed by atoms with Crippen molar-refractivity contribution in [2.75, 3.05) is 43.4 Å². The molecule has 1 aliphatic heterocycles. The van der Waals surface area contributed by atoms with Crippen molar-refractivity contribution in [2.24, 2.45) is 5.41 Å². The van der Waals surface area contributed by atoms with E-state index in [9.17, 15) is 0 Å². The van der Waals surface area contributed by atoms with Gasteiger partial charge in [-0.25, -0.2) is 0 Å². The van der Waals surface area contributed by atoms with Gasteiger partial charge in [-0.1, -0.05) is 31.0 Å². The summed E-state index contributed by atoms with van der Waals surface area (Å²) in [7, 11) is 0. The third-order valence-corrected chi connectivity index (χ3v) is 5.72. The van der Waals surface area contributed by atoms with Gasteiger partial charge in [0.2, 0.25) is 0 Å². The molecule has 0 amide bonds. The summed E-state index contributed by atoms with van der Waals surface area (Å²) in [6.07, 6.45) is 5.58. The zero-order valence-corrected chi connectivity index (χ0v) is 13.2. The molecule has 110 valence electrons. The van der Waals surface area contributed by atoms with Crippen molar-refractivity contribution in [3.63, 3.8) is 0 Å². The highest BCUT2D eigenvalue weighted by Crippen LogP contribution is 2.39. The molecule has 2 aliphatic rings. The molecule has 20 heavy (non-hydrogen) atoms. The van der Waals surface area contributed by atoms with Crippen LogP contribution in [0.5, 0.6) is 0 Å². The molecule has 0 aromatic heterocycles. The van der Waals surface area contributed by atoms with E-state index in [1.165, 1.54) is 51.0 Å². The minimum absolute atomic E-state index is 0.512. The van der Waals surface area contributed by atoms with E-state index in [0.717, 1.165) is 18.8 Å². The van der Waals surface area contributed by atoms with Gasteiger partial charge in [0.25, 0.3) is 0 Å². The van der Waals surface area contributed by atoms with Crippen molar-refractivity contribution in [2.45, 2.75) is 25.7 Å². The Kier molecular flexibility index (Phi) is 4.57. The van der Waals surface area contributed by atoms with Crippen molar-refractivity contribution >= 4 is 18.3 Å². The van der Waals surface area contributed by atoms with Crippen molar-refractivity contribution in [1.29, 1.82) is 0 Å². The normalized spacial score (nSPS) is 23.1. The van der Waals surface area contributed by atoms with E-state index in [2.05, 4.69) is 52.8 Å². The van der Waals surface area contributed by atoms with Crippen molar-refractivity contribution in [1.82, 2.24) is 4.90 Å². The van der Waals surface area contributed by atoms with Gasteiger partial charge >= 0.3 is 0 Å². The molecule has 2 fully saturated rings. The first-order chi connectivity index (χ1) is 9.81. The molecule has 1 saturated heterocycles. The molecule has 1 heterocycles. The summed E-state index contributed by atoms with van der Waals surface area (Å²) in [5.41, 5.74) is 1.88. The zero-order chi connectivity index (χ0) is 13.8. The van der Waals surface area contributed by atoms with E-state index >= 15 is 0 Å². The van der Waals surface area contributed by atoms with Crippen LogP contribution in [0.1, 0.15) is 25.7 Å². The van der Waals surface area contributed by atoms with Crippen LogP contribution in [0, 0.1) is 5.41 Å². The van der Waals surface area contributed by atoms with Crippen molar-refractivity contribution in [3.8, 4) is 0 Å². The molecule has 0 atom stereocenters. The fraction of sp³-hybridized carbons (Fsp3) is 0.647. The highest BCUT2D eigenvalue weighted by atomic mass is 32.1. The van der Waals surface area contributed by atoms with Gasteiger partial charge in [0, 0.05) is 38.4 Å². The molecular formula is C17H26N2S. The Morgan fingerprint density at radius 3 is 2.20 bits per heavy atom. The minimum Gasteiger partial charge on any atom is -0.369 e. The third kappa shape index (κ3) is 3.15. The molecular weight excluding hydrogens is 264 g/mol. The second kappa shape index (κ2) is 6.40. The fourth-order valence-electron chi connectivity index (χ4n) is 3.77. The Bertz CT molecular complexity index is 406. The summed E-state index contributed by atoms with van der Waals surface area (Å²) >= 11 is 4.64. The SMILES string of the molecule is SCC1(CN2CCN(c3ccccc3)CC2)CCCC1. The van der Waals surface area contributed by atoms with E-state index in [4.69, 9.17) is 0 Å². The van der Waals surface area contributed by atoms with Crippen LogP contribution in [-0.2, 0) is 0 Å². The molecule has 1 aliphatic carbocycles. The highest BCUT2D eigenvalue weighted by molar-refractivity contribution is 7.80. The first kappa shape index (κ1) is 14.3. The summed E-state index contributed by atoms with van der Waals surface area (Å²) in [6, 6.07) is 10.8. The largest absolute Gasteiger partial charge is 0.369 e. The van der Waals surface area contributed by atoms with E-state index < -0.39 is 0 Å². The van der Waals surface area contributed by atoms with Gasteiger partial charge in [-0.05, 0) is 36.1 Å². The summed E-state index contributed by atoms with van der Waals surface area (Å²) < 4.78 is 0. The number of hydrogen-bond donors (Lipinski definition) is 1. The molecule has 0 N–H and O–H groups in total. The highest BCUT2D eigenvalue weighted by Gasteiger charge is 2.34. The van der Waals surface area contributed by atoms with Crippen LogP contribution in [-0.4, -0.2) is 43.4 Å². The Balaban J connectivity index is 1.54. The van der Waals surface area contributed by atoms with Gasteiger partial charge in [-0.15, -0.1) is 0 Å². The maximum absolute atomic E-state index is 4.64. The summed E-state index contributed by atoms with van der Waals surface area (Å²) in [6.45, 7) is 5.98. The maximum atomic E-state index is 4.64. The topological polar surface area (TPSA) is 6.48 Å². The Labute approximate surface area is 128 Å². The molecule has 1 aromatic carbocycles. The first-order valence-corrected chi connectivity index (χ1v) is 8.58. The number of para-hydroxylation sites is 1. The van der Waals surface area contributed by atoms with Crippen LogP contribution < -0.4 is 4.90 Å². The number of anilines is 1. The molecule has 1 aromatic rings. The standard InChI is InChI=1S/C17H26N2S/c20-15-17(8-4-5-9-17)14-18-10-12-19(13-11-18)16-6-2-1-3-7-16/h1-3,6-7,20H,4-5,8-15H2. The number of nitrogens with zero attached hydrogens (tertiary/aromatic N) is 2. The molecule has 1 saturated carbocycles. The molecule has 0 bridgehead atoms.